The van der Waals surface area contributed by atoms with Gasteiger partial charge in [0.1, 0.15) is 0 Å². The lowest BCUT2D eigenvalue weighted by Gasteiger charge is -2.07. The fraction of sp³-hybridized carbons (Fsp3) is 0.111. The minimum Gasteiger partial charge on any atom is -0.352 e. The van der Waals surface area contributed by atoms with Crippen LogP contribution in [0.25, 0.3) is 5.69 Å². The van der Waals surface area contributed by atoms with Crippen LogP contribution >= 0.6 is 38.5 Å². The van der Waals surface area contributed by atoms with Gasteiger partial charge in [-0.15, -0.1) is 0 Å². The third kappa shape index (κ3) is 4.24. The van der Waals surface area contributed by atoms with Gasteiger partial charge in [-0.25, -0.2) is 4.68 Å². The average Bonchev–Trinajstić information content (AvgIpc) is 3.06. The number of halogens is 2. The number of benzene rings is 2. The molecule has 0 aliphatic carbocycles. The molecule has 4 nitrogen and oxygen atoms in total. The van der Waals surface area contributed by atoms with Gasteiger partial charge < -0.3 is 5.32 Å². The minimum atomic E-state index is -0.0591. The van der Waals surface area contributed by atoms with E-state index in [2.05, 4.69) is 48.9 Å². The number of hydrogen-bond donors (Lipinski definition) is 1. The molecule has 0 spiro atoms. The molecule has 0 saturated heterocycles. The molecule has 0 saturated carbocycles. The summed E-state index contributed by atoms with van der Waals surface area (Å²) in [6, 6.07) is 15.6. The van der Waals surface area contributed by atoms with Crippen molar-refractivity contribution in [2.24, 2.45) is 0 Å². The van der Waals surface area contributed by atoms with Crippen molar-refractivity contribution < 1.29 is 4.79 Å². The molecule has 1 heterocycles. The number of carbonyl (C=O) groups excluding carboxylic acids is 1. The van der Waals surface area contributed by atoms with E-state index in [1.165, 1.54) is 0 Å². The highest BCUT2D eigenvalue weighted by Crippen LogP contribution is 2.18. The lowest BCUT2D eigenvalue weighted by Crippen LogP contribution is -2.26. The first-order valence-corrected chi connectivity index (χ1v) is 9.33. The molecular formula is C18H15BrIN3O. The Morgan fingerprint density at radius 2 is 2.00 bits per heavy atom. The van der Waals surface area contributed by atoms with Crippen LogP contribution in [-0.4, -0.2) is 22.2 Å². The second-order valence-electron chi connectivity index (χ2n) is 5.26. The van der Waals surface area contributed by atoms with Crippen LogP contribution in [0.3, 0.4) is 0 Å². The number of aromatic nitrogens is 2. The number of nitrogens with one attached hydrogen (secondary N) is 1. The zero-order valence-electron chi connectivity index (χ0n) is 12.7. The lowest BCUT2D eigenvalue weighted by atomic mass is 10.2. The first kappa shape index (κ1) is 17.2. The van der Waals surface area contributed by atoms with Crippen molar-refractivity contribution in [1.29, 1.82) is 0 Å². The first-order chi connectivity index (χ1) is 11.6. The van der Waals surface area contributed by atoms with Crippen LogP contribution in [0.15, 0.2) is 65.4 Å². The molecule has 3 rings (SSSR count). The van der Waals surface area contributed by atoms with E-state index >= 15 is 0 Å². The summed E-state index contributed by atoms with van der Waals surface area (Å²) in [4.78, 5) is 12.3. The summed E-state index contributed by atoms with van der Waals surface area (Å²) in [6.07, 6.45) is 4.57. The number of carbonyl (C=O) groups is 1. The summed E-state index contributed by atoms with van der Waals surface area (Å²) in [6.45, 7) is 0.571. The fourth-order valence-corrected chi connectivity index (χ4v) is 3.24. The SMILES string of the molecule is O=C(NCCc1cnn(-c2ccccc2)c1)c1cc(Br)ccc1I. The van der Waals surface area contributed by atoms with Crippen LogP contribution in [0.1, 0.15) is 15.9 Å². The molecule has 0 radical (unpaired) electrons. The normalized spacial score (nSPS) is 10.6. The molecule has 0 fully saturated rings. The minimum absolute atomic E-state index is 0.0591. The maximum absolute atomic E-state index is 12.3. The number of rotatable bonds is 5. The number of nitrogens with zero attached hydrogens (tertiary/aromatic N) is 2. The number of amides is 1. The zero-order chi connectivity index (χ0) is 16.9. The lowest BCUT2D eigenvalue weighted by molar-refractivity contribution is 0.0953. The second kappa shape index (κ2) is 7.94. The van der Waals surface area contributed by atoms with E-state index in [1.54, 1.807) is 0 Å². The summed E-state index contributed by atoms with van der Waals surface area (Å²) in [5.74, 6) is -0.0591. The predicted octanol–water partition coefficient (Wildman–Crippen LogP) is 4.21. The van der Waals surface area contributed by atoms with Crippen LogP contribution in [0, 0.1) is 3.57 Å². The molecule has 0 unspecified atom stereocenters. The molecule has 3 aromatic rings. The Bertz CT molecular complexity index is 848. The van der Waals surface area contributed by atoms with Crippen LogP contribution < -0.4 is 5.32 Å². The van der Waals surface area contributed by atoms with Gasteiger partial charge in [0.25, 0.3) is 5.91 Å². The monoisotopic (exact) mass is 495 g/mol. The average molecular weight is 496 g/mol. The Kier molecular flexibility index (Phi) is 5.68. The van der Waals surface area contributed by atoms with E-state index in [4.69, 9.17) is 0 Å². The van der Waals surface area contributed by atoms with E-state index < -0.39 is 0 Å². The second-order valence-corrected chi connectivity index (χ2v) is 7.34. The third-order valence-corrected chi connectivity index (χ3v) is 4.96. The Balaban J connectivity index is 1.58. The highest BCUT2D eigenvalue weighted by Gasteiger charge is 2.10. The molecule has 1 aromatic heterocycles. The van der Waals surface area contributed by atoms with Gasteiger partial charge in [-0.1, -0.05) is 34.1 Å². The molecule has 0 bridgehead atoms. The van der Waals surface area contributed by atoms with Crippen molar-refractivity contribution in [2.45, 2.75) is 6.42 Å². The highest BCUT2D eigenvalue weighted by atomic mass is 127. The fourth-order valence-electron chi connectivity index (χ4n) is 2.30. The van der Waals surface area contributed by atoms with E-state index in [0.29, 0.717) is 12.1 Å². The van der Waals surface area contributed by atoms with E-state index in [1.807, 2.05) is 65.6 Å². The van der Waals surface area contributed by atoms with Gasteiger partial charge in [-0.2, -0.15) is 5.10 Å². The zero-order valence-corrected chi connectivity index (χ0v) is 16.5. The Hall–Kier alpha value is -1.67. The first-order valence-electron chi connectivity index (χ1n) is 7.46. The molecule has 0 aliphatic rings. The third-order valence-electron chi connectivity index (χ3n) is 3.53. The van der Waals surface area contributed by atoms with E-state index in [-0.39, 0.29) is 5.91 Å². The molecule has 1 N–H and O–H groups in total. The summed E-state index contributed by atoms with van der Waals surface area (Å²) < 4.78 is 3.68. The molecule has 24 heavy (non-hydrogen) atoms. The summed E-state index contributed by atoms with van der Waals surface area (Å²) >= 11 is 5.57. The quantitative estimate of drug-likeness (QED) is 0.539. The molecule has 1 amide bonds. The Morgan fingerprint density at radius 3 is 2.79 bits per heavy atom. The van der Waals surface area contributed by atoms with Crippen molar-refractivity contribution >= 4 is 44.4 Å². The summed E-state index contributed by atoms with van der Waals surface area (Å²) in [7, 11) is 0. The smallest absolute Gasteiger partial charge is 0.252 e. The van der Waals surface area contributed by atoms with Crippen LogP contribution in [0.4, 0.5) is 0 Å². The Labute approximate surface area is 162 Å². The molecule has 2 aromatic carbocycles. The van der Waals surface area contributed by atoms with Crippen molar-refractivity contribution in [1.82, 2.24) is 15.1 Å². The maximum atomic E-state index is 12.3. The van der Waals surface area contributed by atoms with Crippen molar-refractivity contribution in [3.05, 3.63) is 80.1 Å². The predicted molar refractivity (Wildman–Crippen MR) is 106 cm³/mol. The summed E-state index contributed by atoms with van der Waals surface area (Å²) in [5.41, 5.74) is 2.80. The summed E-state index contributed by atoms with van der Waals surface area (Å²) in [5, 5.41) is 7.33. The van der Waals surface area contributed by atoms with Gasteiger partial charge in [0.05, 0.1) is 17.4 Å². The van der Waals surface area contributed by atoms with Gasteiger partial charge in [-0.3, -0.25) is 4.79 Å². The van der Waals surface area contributed by atoms with E-state index in [0.717, 1.165) is 25.7 Å². The van der Waals surface area contributed by atoms with Crippen molar-refractivity contribution in [3.63, 3.8) is 0 Å². The van der Waals surface area contributed by atoms with E-state index in [9.17, 15) is 4.79 Å². The van der Waals surface area contributed by atoms with Gasteiger partial charge in [0.15, 0.2) is 0 Å². The van der Waals surface area contributed by atoms with Gasteiger partial charge in [-0.05, 0) is 64.9 Å². The molecular weight excluding hydrogens is 481 g/mol. The maximum Gasteiger partial charge on any atom is 0.252 e. The van der Waals surface area contributed by atoms with Crippen LogP contribution in [0.2, 0.25) is 0 Å². The van der Waals surface area contributed by atoms with Gasteiger partial charge >= 0.3 is 0 Å². The topological polar surface area (TPSA) is 46.9 Å². The van der Waals surface area contributed by atoms with Crippen LogP contribution in [0.5, 0.6) is 0 Å². The largest absolute Gasteiger partial charge is 0.352 e. The standard InChI is InChI=1S/C18H15BrIN3O/c19-14-6-7-17(20)16(10-14)18(24)21-9-8-13-11-22-23(12-13)15-4-2-1-3-5-15/h1-7,10-12H,8-9H2,(H,21,24). The van der Waals surface area contributed by atoms with Crippen molar-refractivity contribution in [2.75, 3.05) is 6.54 Å². The van der Waals surface area contributed by atoms with Gasteiger partial charge in [0.2, 0.25) is 0 Å². The van der Waals surface area contributed by atoms with Crippen LogP contribution in [-0.2, 0) is 6.42 Å². The highest BCUT2D eigenvalue weighted by molar-refractivity contribution is 14.1. The van der Waals surface area contributed by atoms with Crippen molar-refractivity contribution in [3.8, 4) is 5.69 Å². The molecule has 0 aliphatic heterocycles. The van der Waals surface area contributed by atoms with Gasteiger partial charge in [0, 0.05) is 20.8 Å². The molecule has 6 heteroatoms. The Morgan fingerprint density at radius 1 is 1.21 bits per heavy atom. The molecule has 122 valence electrons. The number of hydrogen-bond acceptors (Lipinski definition) is 2. The molecule has 0 atom stereocenters. The number of para-hydroxylation sites is 1.